The first-order chi connectivity index (χ1) is 44.2. The van der Waals surface area contributed by atoms with Gasteiger partial charge in [-0.25, -0.2) is 14.4 Å². The summed E-state index contributed by atoms with van der Waals surface area (Å²) in [6.45, 7) is 14.3. The Kier molecular flexibility index (Phi) is 17.0. The van der Waals surface area contributed by atoms with Gasteiger partial charge < -0.3 is 45.0 Å². The Bertz CT molecular complexity index is 3830. The molecule has 484 valence electrons. The zero-order valence-corrected chi connectivity index (χ0v) is 53.2. The molecule has 23 heteroatoms. The number of fused-ring (bicyclic) bond motifs is 4. The highest BCUT2D eigenvalue weighted by molar-refractivity contribution is 6.25. The zero-order chi connectivity index (χ0) is 64.4. The number of aryl methyl sites for hydroxylation is 1. The summed E-state index contributed by atoms with van der Waals surface area (Å²) in [6, 6.07) is 14.9. The van der Waals surface area contributed by atoms with E-state index in [1.165, 1.54) is 37.5 Å². The SMILES string of the molecule is Cc1cc(F)c(Nc2nc(-c3ccc4c(c3)N([C@H]3C[C@@H](N5CCCCC5)C3)C(=O)C43CCN(C(=O)CC4CCN(C(=O)C5CCN(C(=O)CNc6cccc7c6C(=O)N(C6CCC(=O)NC6=O)C7=O)CC5)CC4)CC3)cc3ncn(C(C)C)c23)cc1C(=O)NC(C)C. The summed E-state index contributed by atoms with van der Waals surface area (Å²) in [5.41, 5.74) is 5.16. The highest BCUT2D eigenvalue weighted by atomic mass is 19.1. The van der Waals surface area contributed by atoms with Crippen LogP contribution < -0.4 is 26.2 Å². The molecule has 92 heavy (non-hydrogen) atoms. The van der Waals surface area contributed by atoms with E-state index >= 15 is 9.18 Å². The molecule has 1 spiro atoms. The third-order valence-corrected chi connectivity index (χ3v) is 20.9. The Labute approximate surface area is 534 Å². The Balaban J connectivity index is 0.639. The standard InChI is InChI=1S/C69H82FN13O9/c1-39(2)73-63(87)48-35-53(50(70)30-41(48)5)75-62-61-54(72-38-81(61)40(3)4)36-52(74-62)44-12-13-49-56(32-44)82(46-33-45(34-46)77-22-7-6-8-23-77)68(92)69(49)20-28-79(29-21-69)58(85)31-42-16-24-80(25-17-42)65(89)43-18-26-78(27-19-43)59(86)37-71-51-11-9-10-47-60(51)67(91)83(66(47)90)55-14-15-57(84)76-64(55)88/h9-13,30,32,35-36,38-40,42-43,45-46,55,71H,6-8,14-29,31,33-34,37H2,1-5H3,(H,73,87)(H,74,75)(H,76,84,88)/t45-,46+,55?. The molecule has 0 bridgehead atoms. The summed E-state index contributed by atoms with van der Waals surface area (Å²) >= 11 is 0. The fourth-order valence-corrected chi connectivity index (χ4v) is 15.6. The minimum Gasteiger partial charge on any atom is -0.375 e. The van der Waals surface area contributed by atoms with Crippen molar-refractivity contribution in [3.8, 4) is 11.3 Å². The van der Waals surface area contributed by atoms with Crippen molar-refractivity contribution in [2.24, 2.45) is 11.8 Å². The van der Waals surface area contributed by atoms with Gasteiger partial charge in [-0.3, -0.25) is 53.4 Å². The average molecular weight is 1260 g/mol. The number of piperidine rings is 5. The van der Waals surface area contributed by atoms with E-state index in [0.717, 1.165) is 47.6 Å². The van der Waals surface area contributed by atoms with E-state index in [4.69, 9.17) is 9.97 Å². The number of hydrogen-bond acceptors (Lipinski definition) is 14. The number of likely N-dealkylation sites (tertiary alicyclic amines) is 4. The average Bonchev–Trinajstić information content (AvgIpc) is 1.56. The van der Waals surface area contributed by atoms with Gasteiger partial charge in [0.1, 0.15) is 17.4 Å². The highest BCUT2D eigenvalue weighted by Gasteiger charge is 2.56. The van der Waals surface area contributed by atoms with Crippen molar-refractivity contribution >= 4 is 87.1 Å². The molecular formula is C69H82FN13O9. The molecule has 9 amide bonds. The predicted molar refractivity (Wildman–Crippen MR) is 342 cm³/mol. The van der Waals surface area contributed by atoms with Crippen LogP contribution in [0.15, 0.2) is 60.9 Å². The molecule has 0 radical (unpaired) electrons. The number of pyridine rings is 1. The van der Waals surface area contributed by atoms with E-state index in [1.54, 1.807) is 30.3 Å². The highest BCUT2D eigenvalue weighted by Crippen LogP contribution is 2.53. The maximum absolute atomic E-state index is 16.0. The zero-order valence-electron chi connectivity index (χ0n) is 53.2. The number of halogens is 1. The lowest BCUT2D eigenvalue weighted by molar-refractivity contribution is -0.142. The van der Waals surface area contributed by atoms with Crippen LogP contribution in [0.2, 0.25) is 0 Å². The smallest absolute Gasteiger partial charge is 0.264 e. The van der Waals surface area contributed by atoms with Gasteiger partial charge >= 0.3 is 0 Å². The molecule has 1 unspecified atom stereocenters. The molecule has 13 rings (SSSR count). The summed E-state index contributed by atoms with van der Waals surface area (Å²) in [7, 11) is 0. The minimum absolute atomic E-state index is 0.00140. The number of carbonyl (C=O) groups excluding carboxylic acids is 9. The van der Waals surface area contributed by atoms with Gasteiger partial charge in [0, 0.05) is 105 Å². The van der Waals surface area contributed by atoms with Crippen molar-refractivity contribution in [2.75, 3.05) is 74.4 Å². The van der Waals surface area contributed by atoms with E-state index in [1.807, 2.05) is 54.2 Å². The van der Waals surface area contributed by atoms with Gasteiger partial charge in [-0.15, -0.1) is 0 Å². The summed E-state index contributed by atoms with van der Waals surface area (Å²) in [4.78, 5) is 143. The van der Waals surface area contributed by atoms with E-state index in [9.17, 15) is 38.4 Å². The summed E-state index contributed by atoms with van der Waals surface area (Å²) in [5.74, 6) is -3.06. The number of benzene rings is 3. The fourth-order valence-electron chi connectivity index (χ4n) is 15.6. The van der Waals surface area contributed by atoms with E-state index < -0.39 is 40.9 Å². The molecule has 2 aromatic heterocycles. The molecule has 22 nitrogen and oxygen atoms in total. The number of nitrogens with zero attached hydrogens (tertiary/aromatic N) is 9. The Hall–Kier alpha value is -8.60. The van der Waals surface area contributed by atoms with E-state index in [-0.39, 0.29) is 95.7 Å². The second-order valence-electron chi connectivity index (χ2n) is 27.3. The molecule has 4 N–H and O–H groups in total. The van der Waals surface area contributed by atoms with Crippen molar-refractivity contribution in [1.82, 2.24) is 49.7 Å². The number of aromatic nitrogens is 3. The Morgan fingerprint density at radius 2 is 1.47 bits per heavy atom. The van der Waals surface area contributed by atoms with Crippen molar-refractivity contribution < 1.29 is 47.5 Å². The van der Waals surface area contributed by atoms with Crippen LogP contribution in [0.3, 0.4) is 0 Å². The van der Waals surface area contributed by atoms with Gasteiger partial charge in [0.2, 0.25) is 35.4 Å². The van der Waals surface area contributed by atoms with Crippen LogP contribution in [0.1, 0.15) is 166 Å². The molecule has 7 aliphatic heterocycles. The number of imide groups is 2. The lowest BCUT2D eigenvalue weighted by Gasteiger charge is -2.48. The summed E-state index contributed by atoms with van der Waals surface area (Å²) < 4.78 is 18.0. The first-order valence-electron chi connectivity index (χ1n) is 33.2. The van der Waals surface area contributed by atoms with Crippen LogP contribution in [0.5, 0.6) is 0 Å². The molecule has 3 aromatic carbocycles. The fraction of sp³-hybridized carbons (Fsp3) is 0.522. The van der Waals surface area contributed by atoms with Crippen molar-refractivity contribution in [2.45, 2.75) is 160 Å². The van der Waals surface area contributed by atoms with Crippen molar-refractivity contribution in [3.63, 3.8) is 0 Å². The monoisotopic (exact) mass is 1260 g/mol. The number of imidazole rings is 1. The third kappa shape index (κ3) is 11.6. The van der Waals surface area contributed by atoms with Crippen LogP contribution >= 0.6 is 0 Å². The lowest BCUT2D eigenvalue weighted by atomic mass is 9.73. The number of carbonyl (C=O) groups is 9. The van der Waals surface area contributed by atoms with Crippen LogP contribution in [-0.4, -0.2) is 175 Å². The molecule has 1 atom stereocenters. The minimum atomic E-state index is -1.11. The topological polar surface area (TPSA) is 252 Å². The molecule has 1 saturated carbocycles. The lowest BCUT2D eigenvalue weighted by Crippen LogP contribution is -2.58. The van der Waals surface area contributed by atoms with Gasteiger partial charge in [0.25, 0.3) is 17.7 Å². The van der Waals surface area contributed by atoms with Gasteiger partial charge in [-0.05, 0) is 172 Å². The maximum Gasteiger partial charge on any atom is 0.264 e. The molecule has 5 saturated heterocycles. The third-order valence-electron chi connectivity index (χ3n) is 20.9. The van der Waals surface area contributed by atoms with Crippen LogP contribution in [-0.2, 0) is 34.2 Å². The normalized spacial score (nSPS) is 22.2. The molecule has 1 aliphatic carbocycles. The van der Waals surface area contributed by atoms with Gasteiger partial charge in [0.15, 0.2) is 5.82 Å². The molecular weight excluding hydrogens is 1170 g/mol. The molecule has 8 aliphatic rings. The Morgan fingerprint density at radius 1 is 0.750 bits per heavy atom. The summed E-state index contributed by atoms with van der Waals surface area (Å²) in [5, 5.41) is 11.4. The first kappa shape index (κ1) is 62.2. The number of anilines is 4. The maximum atomic E-state index is 16.0. The van der Waals surface area contributed by atoms with Gasteiger partial charge in [-0.1, -0.05) is 24.6 Å². The number of amides is 9. The van der Waals surface area contributed by atoms with E-state index in [2.05, 4.69) is 43.2 Å². The largest absolute Gasteiger partial charge is 0.375 e. The summed E-state index contributed by atoms with van der Waals surface area (Å²) in [6.07, 6.45) is 10.9. The van der Waals surface area contributed by atoms with Gasteiger partial charge in [0.05, 0.1) is 46.3 Å². The van der Waals surface area contributed by atoms with E-state index in [0.29, 0.717) is 130 Å². The van der Waals surface area contributed by atoms with Gasteiger partial charge in [-0.2, -0.15) is 0 Å². The number of rotatable bonds is 15. The van der Waals surface area contributed by atoms with Crippen molar-refractivity contribution in [1.29, 1.82) is 0 Å². The Morgan fingerprint density at radius 3 is 2.17 bits per heavy atom. The predicted octanol–water partition coefficient (Wildman–Crippen LogP) is 7.61. The quantitative estimate of drug-likeness (QED) is 0.0737. The molecule has 9 heterocycles. The van der Waals surface area contributed by atoms with Crippen LogP contribution in [0, 0.1) is 24.6 Å². The molecule has 5 aromatic rings. The first-order valence-corrected chi connectivity index (χ1v) is 33.2. The second kappa shape index (κ2) is 25.1. The van der Waals surface area contributed by atoms with Crippen LogP contribution in [0.25, 0.3) is 22.3 Å². The number of nitrogens with one attached hydrogen (secondary N) is 4. The van der Waals surface area contributed by atoms with Crippen LogP contribution in [0.4, 0.5) is 27.3 Å². The van der Waals surface area contributed by atoms with Crippen molar-refractivity contribution in [3.05, 3.63) is 94.6 Å². The second-order valence-corrected chi connectivity index (χ2v) is 27.3. The number of hydrogen-bond donors (Lipinski definition) is 4. The molecule has 6 fully saturated rings.